The van der Waals surface area contributed by atoms with Crippen molar-refractivity contribution in [1.29, 1.82) is 0 Å². The fourth-order valence-corrected chi connectivity index (χ4v) is 2.51. The summed E-state index contributed by atoms with van der Waals surface area (Å²) < 4.78 is 25.1. The van der Waals surface area contributed by atoms with Gasteiger partial charge >= 0.3 is 0 Å². The van der Waals surface area contributed by atoms with Crippen LogP contribution in [-0.2, 0) is 4.79 Å². The third-order valence-corrected chi connectivity index (χ3v) is 3.57. The van der Waals surface area contributed by atoms with Crippen molar-refractivity contribution in [3.63, 3.8) is 0 Å². The summed E-state index contributed by atoms with van der Waals surface area (Å²) in [5.74, 6) is -3.30. The van der Waals surface area contributed by atoms with Crippen molar-refractivity contribution in [2.45, 2.75) is 37.5 Å². The van der Waals surface area contributed by atoms with Crippen LogP contribution in [0.5, 0.6) is 0 Å². The van der Waals surface area contributed by atoms with Gasteiger partial charge in [0.25, 0.3) is 11.7 Å². The Morgan fingerprint density at radius 2 is 1.91 bits per heavy atom. The topological polar surface area (TPSA) is 49.4 Å². The summed E-state index contributed by atoms with van der Waals surface area (Å²) >= 11 is 0.329. The number of carbonyl (C=O) groups excluding carboxylic acids is 2. The van der Waals surface area contributed by atoms with Gasteiger partial charge in [-0.1, -0.05) is 23.9 Å². The van der Waals surface area contributed by atoms with E-state index >= 15 is 0 Å². The van der Waals surface area contributed by atoms with Gasteiger partial charge in [-0.15, -0.1) is 0 Å². The zero-order valence-corrected chi connectivity index (χ0v) is 13.6. The molecule has 0 saturated heterocycles. The number of carbonyl (C=O) groups is 2. The number of amides is 2. The molecule has 0 fully saturated rings. The number of halogens is 2. The Hall–Kier alpha value is -1.63. The first-order valence-electron chi connectivity index (χ1n) is 6.97. The first kappa shape index (κ1) is 18.4. The lowest BCUT2D eigenvalue weighted by atomic mass is 10.2. The summed E-state index contributed by atoms with van der Waals surface area (Å²) in [6.45, 7) is 5.61. The summed E-state index contributed by atoms with van der Waals surface area (Å²) in [7, 11) is 0. The number of hydrogen-bond acceptors (Lipinski definition) is 3. The van der Waals surface area contributed by atoms with Gasteiger partial charge in [0.15, 0.2) is 0 Å². The van der Waals surface area contributed by atoms with Crippen molar-refractivity contribution in [2.24, 2.45) is 0 Å². The summed E-state index contributed by atoms with van der Waals surface area (Å²) in [5, 5.41) is 2.70. The van der Waals surface area contributed by atoms with Crippen LogP contribution in [0.1, 0.15) is 31.1 Å². The van der Waals surface area contributed by atoms with E-state index in [2.05, 4.69) is 5.32 Å². The monoisotopic (exact) mass is 330 g/mol. The third kappa shape index (κ3) is 5.63. The molecule has 22 heavy (non-hydrogen) atoms. The number of likely N-dealkylation sites (N-methyl/N-ethyl adjacent to an activating group) is 1. The van der Waals surface area contributed by atoms with Gasteiger partial charge in [-0.3, -0.25) is 9.59 Å². The van der Waals surface area contributed by atoms with E-state index in [4.69, 9.17) is 0 Å². The number of rotatable bonds is 7. The Kier molecular flexibility index (Phi) is 7.31. The van der Waals surface area contributed by atoms with Crippen LogP contribution in [0.15, 0.2) is 29.2 Å². The van der Waals surface area contributed by atoms with Gasteiger partial charge in [-0.2, -0.15) is 8.78 Å². The van der Waals surface area contributed by atoms with Crippen molar-refractivity contribution >= 4 is 23.6 Å². The molecule has 0 aliphatic rings. The zero-order valence-electron chi connectivity index (χ0n) is 12.8. The molecule has 0 radical (unpaired) electrons. The molecular weight excluding hydrogens is 310 g/mol. The molecule has 7 heteroatoms. The van der Waals surface area contributed by atoms with Gasteiger partial charge in [-0.05, 0) is 32.9 Å². The van der Waals surface area contributed by atoms with Crippen molar-refractivity contribution in [3.05, 3.63) is 29.8 Å². The smallest absolute Gasteiger partial charge is 0.288 e. The molecule has 0 aliphatic heterocycles. The minimum atomic E-state index is -2.60. The Morgan fingerprint density at radius 3 is 2.45 bits per heavy atom. The normalized spacial score (nSPS) is 10.9. The maximum atomic E-state index is 12.6. The van der Waals surface area contributed by atoms with E-state index in [-0.39, 0.29) is 29.0 Å². The van der Waals surface area contributed by atoms with Crippen molar-refractivity contribution < 1.29 is 18.4 Å². The van der Waals surface area contributed by atoms with E-state index in [1.807, 2.05) is 13.8 Å². The van der Waals surface area contributed by atoms with Gasteiger partial charge in [-0.25, -0.2) is 0 Å². The summed E-state index contributed by atoms with van der Waals surface area (Å²) in [6, 6.07) is 6.17. The van der Waals surface area contributed by atoms with E-state index in [9.17, 15) is 18.4 Å². The van der Waals surface area contributed by atoms with Crippen LogP contribution in [0.3, 0.4) is 0 Å². The molecule has 0 spiro atoms. The van der Waals surface area contributed by atoms with Crippen LogP contribution < -0.4 is 5.32 Å². The molecule has 0 unspecified atom stereocenters. The largest absolute Gasteiger partial charge is 0.352 e. The highest BCUT2D eigenvalue weighted by molar-refractivity contribution is 7.99. The molecule has 0 heterocycles. The third-order valence-electron chi connectivity index (χ3n) is 2.79. The number of alkyl halides is 2. The zero-order chi connectivity index (χ0) is 16.7. The molecule has 4 nitrogen and oxygen atoms in total. The van der Waals surface area contributed by atoms with Crippen LogP contribution in [0, 0.1) is 0 Å². The molecule has 1 N–H and O–H groups in total. The highest BCUT2D eigenvalue weighted by atomic mass is 32.2. The SMILES string of the molecule is CCN(CC(=O)NC(C)C)C(=O)c1ccccc1SC(F)F. The van der Waals surface area contributed by atoms with Crippen LogP contribution in [0.25, 0.3) is 0 Å². The van der Waals surface area contributed by atoms with Crippen molar-refractivity contribution in [3.8, 4) is 0 Å². The number of benzene rings is 1. The Morgan fingerprint density at radius 1 is 1.27 bits per heavy atom. The highest BCUT2D eigenvalue weighted by Gasteiger charge is 2.21. The lowest BCUT2D eigenvalue weighted by Gasteiger charge is -2.22. The molecule has 1 rings (SSSR count). The molecule has 2 amide bonds. The predicted molar refractivity (Wildman–Crippen MR) is 83.2 cm³/mol. The molecule has 0 aliphatic carbocycles. The highest BCUT2D eigenvalue weighted by Crippen LogP contribution is 2.29. The maximum Gasteiger partial charge on any atom is 0.288 e. The molecule has 0 atom stereocenters. The number of nitrogens with one attached hydrogen (secondary N) is 1. The van der Waals surface area contributed by atoms with Crippen LogP contribution in [-0.4, -0.2) is 41.6 Å². The van der Waals surface area contributed by atoms with Crippen molar-refractivity contribution in [2.75, 3.05) is 13.1 Å². The second kappa shape index (κ2) is 8.73. The molecule has 0 bridgehead atoms. The number of nitrogens with zero attached hydrogens (tertiary/aromatic N) is 1. The molecule has 0 saturated carbocycles. The van der Waals surface area contributed by atoms with Gasteiger partial charge in [0.1, 0.15) is 0 Å². The number of thioether (sulfide) groups is 1. The van der Waals surface area contributed by atoms with Crippen LogP contribution >= 0.6 is 11.8 Å². The molecular formula is C15H20F2N2O2S. The summed E-state index contributed by atoms with van der Waals surface area (Å²) in [6.07, 6.45) is 0. The molecule has 1 aromatic carbocycles. The van der Waals surface area contributed by atoms with E-state index < -0.39 is 11.7 Å². The van der Waals surface area contributed by atoms with Crippen molar-refractivity contribution in [1.82, 2.24) is 10.2 Å². The predicted octanol–water partition coefficient (Wildman–Crippen LogP) is 2.99. The van der Waals surface area contributed by atoms with E-state index in [1.54, 1.807) is 19.1 Å². The fourth-order valence-electron chi connectivity index (χ4n) is 1.88. The van der Waals surface area contributed by atoms with Gasteiger partial charge in [0.05, 0.1) is 12.1 Å². The van der Waals surface area contributed by atoms with Crippen LogP contribution in [0.4, 0.5) is 8.78 Å². The van der Waals surface area contributed by atoms with Gasteiger partial charge < -0.3 is 10.2 Å². The Balaban J connectivity index is 2.90. The summed E-state index contributed by atoms with van der Waals surface area (Å²) in [4.78, 5) is 25.8. The average Bonchev–Trinajstić information content (AvgIpc) is 2.43. The first-order chi connectivity index (χ1) is 10.3. The van der Waals surface area contributed by atoms with E-state index in [0.29, 0.717) is 18.3 Å². The molecule has 1 aromatic rings. The fraction of sp³-hybridized carbons (Fsp3) is 0.467. The minimum absolute atomic E-state index is 0.0250. The second-order valence-corrected chi connectivity index (χ2v) is 5.95. The lowest BCUT2D eigenvalue weighted by Crippen LogP contribution is -2.42. The standard InChI is InChI=1S/C15H20F2N2O2S/c1-4-19(9-13(20)18-10(2)3)14(21)11-7-5-6-8-12(11)22-15(16)17/h5-8,10,15H,4,9H2,1-3H3,(H,18,20). The average molecular weight is 330 g/mol. The molecule has 122 valence electrons. The van der Waals surface area contributed by atoms with Gasteiger partial charge in [0.2, 0.25) is 5.91 Å². The Labute approximate surface area is 133 Å². The van der Waals surface area contributed by atoms with E-state index in [0.717, 1.165) is 0 Å². The van der Waals surface area contributed by atoms with E-state index in [1.165, 1.54) is 17.0 Å². The minimum Gasteiger partial charge on any atom is -0.352 e. The maximum absolute atomic E-state index is 12.6. The number of hydrogen-bond donors (Lipinski definition) is 1. The van der Waals surface area contributed by atoms with Crippen LogP contribution in [0.2, 0.25) is 0 Å². The Bertz CT molecular complexity index is 524. The quantitative estimate of drug-likeness (QED) is 0.782. The lowest BCUT2D eigenvalue weighted by molar-refractivity contribution is -0.122. The molecule has 0 aromatic heterocycles. The summed E-state index contributed by atoms with van der Waals surface area (Å²) in [5.41, 5.74) is 0.187. The van der Waals surface area contributed by atoms with Gasteiger partial charge in [0, 0.05) is 17.5 Å². The first-order valence-corrected chi connectivity index (χ1v) is 7.85. The second-order valence-electron chi connectivity index (χ2n) is 4.92.